The molecule has 2 heterocycles. The summed E-state index contributed by atoms with van der Waals surface area (Å²) in [5.41, 5.74) is 1.29. The fourth-order valence-corrected chi connectivity index (χ4v) is 4.76. The van der Waals surface area contributed by atoms with Crippen LogP contribution in [0.4, 0.5) is 5.69 Å². The predicted octanol–water partition coefficient (Wildman–Crippen LogP) is 6.01. The van der Waals surface area contributed by atoms with Crippen LogP contribution in [0, 0.1) is 0 Å². The third-order valence-electron chi connectivity index (χ3n) is 4.46. The highest BCUT2D eigenvalue weighted by Crippen LogP contribution is 2.34. The molecule has 1 aromatic heterocycles. The van der Waals surface area contributed by atoms with Gasteiger partial charge in [-0.25, -0.2) is 0 Å². The standard InChI is InChI=1S/C23H16Cl2N2O4S2/c24-15-9-16(25)11-17(10-15)26-21(28)13-31-18-5-3-14(4-6-18)8-20-22(29)27(23(32)33-20)12-19-2-1-7-30-19/h1-11H,12-13H2,(H,26,28)/b20-8-. The first-order valence-corrected chi connectivity index (χ1v) is 11.6. The quantitative estimate of drug-likeness (QED) is 0.305. The lowest BCUT2D eigenvalue weighted by Crippen LogP contribution is -2.27. The summed E-state index contributed by atoms with van der Waals surface area (Å²) >= 11 is 18.4. The molecule has 33 heavy (non-hydrogen) atoms. The second-order valence-electron chi connectivity index (χ2n) is 6.91. The number of anilines is 1. The maximum atomic E-state index is 12.7. The van der Waals surface area contributed by atoms with Crippen molar-refractivity contribution in [2.75, 3.05) is 11.9 Å². The van der Waals surface area contributed by atoms with E-state index in [1.54, 1.807) is 66.9 Å². The lowest BCUT2D eigenvalue weighted by atomic mass is 10.2. The third kappa shape index (κ3) is 6.17. The average Bonchev–Trinajstić information content (AvgIpc) is 3.37. The van der Waals surface area contributed by atoms with Crippen molar-refractivity contribution in [3.63, 3.8) is 0 Å². The first-order chi connectivity index (χ1) is 15.9. The van der Waals surface area contributed by atoms with Crippen LogP contribution in [0.5, 0.6) is 5.75 Å². The number of hydrogen-bond acceptors (Lipinski definition) is 6. The van der Waals surface area contributed by atoms with E-state index in [0.29, 0.717) is 43.0 Å². The van der Waals surface area contributed by atoms with E-state index in [-0.39, 0.29) is 18.4 Å². The molecule has 4 rings (SSSR count). The summed E-state index contributed by atoms with van der Waals surface area (Å²) in [7, 11) is 0. The Balaban J connectivity index is 1.33. The van der Waals surface area contributed by atoms with Gasteiger partial charge in [-0.15, -0.1) is 0 Å². The summed E-state index contributed by atoms with van der Waals surface area (Å²) in [6, 6.07) is 15.4. The molecule has 1 aliphatic heterocycles. The number of thioether (sulfide) groups is 1. The molecule has 2 amide bonds. The Morgan fingerprint density at radius 1 is 1.15 bits per heavy atom. The maximum Gasteiger partial charge on any atom is 0.266 e. The van der Waals surface area contributed by atoms with E-state index in [9.17, 15) is 9.59 Å². The average molecular weight is 519 g/mol. The number of rotatable bonds is 7. The molecule has 0 bridgehead atoms. The Bertz CT molecular complexity index is 1210. The molecule has 168 valence electrons. The number of carbonyl (C=O) groups excluding carboxylic acids is 2. The van der Waals surface area contributed by atoms with Crippen molar-refractivity contribution in [2.45, 2.75) is 6.54 Å². The molecule has 3 aromatic rings. The van der Waals surface area contributed by atoms with Crippen LogP contribution < -0.4 is 10.1 Å². The fourth-order valence-electron chi connectivity index (χ4n) is 2.98. The van der Waals surface area contributed by atoms with Gasteiger partial charge in [-0.1, -0.05) is 59.3 Å². The smallest absolute Gasteiger partial charge is 0.266 e. The van der Waals surface area contributed by atoms with Gasteiger partial charge in [0, 0.05) is 15.7 Å². The summed E-state index contributed by atoms with van der Waals surface area (Å²) in [5.74, 6) is 0.658. The van der Waals surface area contributed by atoms with Gasteiger partial charge in [-0.2, -0.15) is 0 Å². The fraction of sp³-hybridized carbons (Fsp3) is 0.0870. The van der Waals surface area contributed by atoms with Gasteiger partial charge in [-0.3, -0.25) is 14.5 Å². The highest BCUT2D eigenvalue weighted by Gasteiger charge is 2.32. The molecule has 0 saturated carbocycles. The maximum absolute atomic E-state index is 12.7. The molecular formula is C23H16Cl2N2O4S2. The topological polar surface area (TPSA) is 71.8 Å². The van der Waals surface area contributed by atoms with Gasteiger partial charge >= 0.3 is 0 Å². The second kappa shape index (κ2) is 10.4. The van der Waals surface area contributed by atoms with Crippen LogP contribution in [0.25, 0.3) is 6.08 Å². The van der Waals surface area contributed by atoms with Gasteiger partial charge in [0.2, 0.25) is 0 Å². The monoisotopic (exact) mass is 518 g/mol. The van der Waals surface area contributed by atoms with Crippen LogP contribution in [0.3, 0.4) is 0 Å². The van der Waals surface area contributed by atoms with Crippen molar-refractivity contribution >= 4 is 75.1 Å². The van der Waals surface area contributed by atoms with Gasteiger partial charge < -0.3 is 14.5 Å². The van der Waals surface area contributed by atoms with Crippen molar-refractivity contribution < 1.29 is 18.7 Å². The van der Waals surface area contributed by atoms with Crippen LogP contribution in [0.2, 0.25) is 10.0 Å². The lowest BCUT2D eigenvalue weighted by molar-refractivity contribution is -0.122. The number of carbonyl (C=O) groups is 2. The van der Waals surface area contributed by atoms with E-state index >= 15 is 0 Å². The first kappa shape index (κ1) is 23.4. The van der Waals surface area contributed by atoms with E-state index in [1.807, 2.05) is 0 Å². The number of amides is 2. The van der Waals surface area contributed by atoms with Crippen molar-refractivity contribution in [1.29, 1.82) is 0 Å². The summed E-state index contributed by atoms with van der Waals surface area (Å²) in [6.45, 7) is 0.111. The van der Waals surface area contributed by atoms with Gasteiger partial charge in [0.25, 0.3) is 11.8 Å². The van der Waals surface area contributed by atoms with E-state index in [1.165, 1.54) is 16.7 Å². The third-order valence-corrected chi connectivity index (χ3v) is 6.28. The molecule has 0 unspecified atom stereocenters. The molecule has 0 spiro atoms. The van der Waals surface area contributed by atoms with Crippen LogP contribution in [-0.2, 0) is 16.1 Å². The SMILES string of the molecule is O=C(COc1ccc(/C=C2\SC(=S)N(Cc3ccco3)C2=O)cc1)Nc1cc(Cl)cc(Cl)c1. The van der Waals surface area contributed by atoms with Gasteiger partial charge in [0.15, 0.2) is 6.61 Å². The molecular weight excluding hydrogens is 503 g/mol. The Labute approximate surface area is 209 Å². The summed E-state index contributed by atoms with van der Waals surface area (Å²) in [4.78, 5) is 26.9. The molecule has 1 N–H and O–H groups in total. The number of benzene rings is 2. The Kier molecular flexibility index (Phi) is 7.39. The number of hydrogen-bond donors (Lipinski definition) is 1. The molecule has 10 heteroatoms. The van der Waals surface area contributed by atoms with Crippen LogP contribution in [0.1, 0.15) is 11.3 Å². The van der Waals surface area contributed by atoms with Crippen LogP contribution >= 0.6 is 47.2 Å². The lowest BCUT2D eigenvalue weighted by Gasteiger charge is -2.12. The largest absolute Gasteiger partial charge is 0.484 e. The number of ether oxygens (including phenoxy) is 1. The Morgan fingerprint density at radius 2 is 1.88 bits per heavy atom. The van der Waals surface area contributed by atoms with E-state index in [0.717, 1.165) is 5.56 Å². The molecule has 0 aliphatic carbocycles. The van der Waals surface area contributed by atoms with Gasteiger partial charge in [0.05, 0.1) is 17.7 Å². The zero-order chi connectivity index (χ0) is 23.4. The zero-order valence-corrected chi connectivity index (χ0v) is 20.1. The molecule has 6 nitrogen and oxygen atoms in total. The number of nitrogens with one attached hydrogen (secondary N) is 1. The Hall–Kier alpha value is -2.78. The molecule has 1 fully saturated rings. The van der Waals surface area contributed by atoms with Crippen molar-refractivity contribution in [2.24, 2.45) is 0 Å². The van der Waals surface area contributed by atoms with Crippen molar-refractivity contribution in [3.8, 4) is 5.75 Å². The first-order valence-electron chi connectivity index (χ1n) is 9.64. The minimum Gasteiger partial charge on any atom is -0.484 e. The van der Waals surface area contributed by atoms with E-state index < -0.39 is 0 Å². The van der Waals surface area contributed by atoms with Gasteiger partial charge in [-0.05, 0) is 54.1 Å². The molecule has 0 atom stereocenters. The van der Waals surface area contributed by atoms with E-state index in [4.69, 9.17) is 44.6 Å². The number of halogens is 2. The number of furan rings is 1. The number of thiocarbonyl (C=S) groups is 1. The number of nitrogens with zero attached hydrogens (tertiary/aromatic N) is 1. The minimum atomic E-state index is -0.349. The summed E-state index contributed by atoms with van der Waals surface area (Å²) in [6.07, 6.45) is 3.32. The minimum absolute atomic E-state index is 0.167. The van der Waals surface area contributed by atoms with Gasteiger partial charge in [0.1, 0.15) is 15.8 Å². The Morgan fingerprint density at radius 3 is 2.55 bits per heavy atom. The molecule has 0 radical (unpaired) electrons. The van der Waals surface area contributed by atoms with Crippen molar-refractivity contribution in [1.82, 2.24) is 4.90 Å². The predicted molar refractivity (Wildman–Crippen MR) is 134 cm³/mol. The molecule has 1 saturated heterocycles. The second-order valence-corrected chi connectivity index (χ2v) is 9.46. The normalized spacial score (nSPS) is 14.7. The van der Waals surface area contributed by atoms with Crippen LogP contribution in [-0.4, -0.2) is 27.6 Å². The van der Waals surface area contributed by atoms with Crippen LogP contribution in [0.15, 0.2) is 70.2 Å². The highest BCUT2D eigenvalue weighted by atomic mass is 35.5. The van der Waals surface area contributed by atoms with E-state index in [2.05, 4.69) is 5.32 Å². The van der Waals surface area contributed by atoms with Crippen molar-refractivity contribution in [3.05, 3.63) is 87.1 Å². The highest BCUT2D eigenvalue weighted by molar-refractivity contribution is 8.26. The summed E-state index contributed by atoms with van der Waals surface area (Å²) < 4.78 is 11.3. The molecule has 2 aromatic carbocycles. The molecule has 1 aliphatic rings. The zero-order valence-electron chi connectivity index (χ0n) is 16.9. The summed E-state index contributed by atoms with van der Waals surface area (Å²) in [5, 5.41) is 3.52.